The van der Waals surface area contributed by atoms with Gasteiger partial charge in [0.2, 0.25) is 5.76 Å². The van der Waals surface area contributed by atoms with E-state index in [1.807, 2.05) is 34.6 Å². The minimum absolute atomic E-state index is 0.136. The third-order valence-electron chi connectivity index (χ3n) is 6.99. The van der Waals surface area contributed by atoms with Gasteiger partial charge in [0.25, 0.3) is 0 Å². The van der Waals surface area contributed by atoms with Gasteiger partial charge in [-0.3, -0.25) is 0 Å². The van der Waals surface area contributed by atoms with E-state index in [0.717, 1.165) is 43.8 Å². The van der Waals surface area contributed by atoms with Crippen LogP contribution in [0.5, 0.6) is 11.5 Å². The first-order chi connectivity index (χ1) is 19.5. The highest BCUT2D eigenvalue weighted by Crippen LogP contribution is 2.34. The molecule has 5 nitrogen and oxygen atoms in total. The molecule has 0 fully saturated rings. The summed E-state index contributed by atoms with van der Waals surface area (Å²) in [7, 11) is -8.18. The maximum atomic E-state index is 13.5. The van der Waals surface area contributed by atoms with Crippen LogP contribution in [0, 0.1) is 11.5 Å². The number of allylic oxidation sites excluding steroid dienone is 1. The summed E-state index contributed by atoms with van der Waals surface area (Å²) < 4.78 is 81.5. The van der Waals surface area contributed by atoms with Gasteiger partial charge in [-0.1, -0.05) is 71.7 Å². The van der Waals surface area contributed by atoms with Crippen molar-refractivity contribution >= 4 is 23.8 Å². The maximum absolute atomic E-state index is 13.5. The van der Waals surface area contributed by atoms with Crippen molar-refractivity contribution in [3.8, 4) is 23.0 Å². The van der Waals surface area contributed by atoms with E-state index in [0.29, 0.717) is 35.8 Å². The van der Waals surface area contributed by atoms with Crippen molar-refractivity contribution in [1.29, 1.82) is 0 Å². The quantitative estimate of drug-likeness (QED) is 0.0504. The standard InChI is InChI=1S/C31H41F3O5SSi/c1-6-11-22-37-27-17-13-25(14-18-27)30(26-15-19-28(20-16-26)38-23-12-7-2)29(39-40(35,36)31(32,33)34)21-24-41(8-3,9-4)10-5/h13-20H,6-12,22-23H2,1-5H3. The van der Waals surface area contributed by atoms with Crippen LogP contribution in [0.2, 0.25) is 18.1 Å². The van der Waals surface area contributed by atoms with E-state index in [1.165, 1.54) is 0 Å². The molecule has 0 saturated heterocycles. The van der Waals surface area contributed by atoms with Crippen LogP contribution in [0.3, 0.4) is 0 Å². The molecule has 0 heterocycles. The first-order valence-electron chi connectivity index (χ1n) is 14.2. The lowest BCUT2D eigenvalue weighted by atomic mass is 9.96. The lowest BCUT2D eigenvalue weighted by Gasteiger charge is -2.21. The Hall–Kier alpha value is -2.90. The average Bonchev–Trinajstić information content (AvgIpc) is 2.95. The number of halogens is 3. The monoisotopic (exact) mass is 610 g/mol. The Morgan fingerprint density at radius 2 is 1.17 bits per heavy atom. The summed E-state index contributed by atoms with van der Waals surface area (Å²) in [6.45, 7) is 11.2. The third kappa shape index (κ3) is 9.85. The summed E-state index contributed by atoms with van der Waals surface area (Å²) in [6, 6.07) is 15.8. The Balaban J connectivity index is 2.79. The SMILES string of the molecule is CCCCOc1ccc(C(=C(C#C[Si](CC)(CC)CC)OS(=O)(=O)C(F)(F)F)c2ccc(OCCCC)cc2)cc1. The molecule has 0 aliphatic heterocycles. The summed E-state index contributed by atoms with van der Waals surface area (Å²) in [6.07, 6.45) is 3.68. The van der Waals surface area contributed by atoms with Gasteiger partial charge in [0.15, 0.2) is 0 Å². The normalized spacial score (nSPS) is 11.8. The highest BCUT2D eigenvalue weighted by Gasteiger charge is 2.49. The molecule has 0 aromatic heterocycles. The number of rotatable bonds is 15. The zero-order chi connectivity index (χ0) is 30.5. The molecule has 10 heteroatoms. The summed E-state index contributed by atoms with van der Waals surface area (Å²) in [4.78, 5) is 0. The second-order valence-corrected chi connectivity index (χ2v) is 16.2. The van der Waals surface area contributed by atoms with Crippen LogP contribution in [0.4, 0.5) is 13.2 Å². The molecule has 0 radical (unpaired) electrons. The second kappa shape index (κ2) is 15.9. The molecule has 0 unspecified atom stereocenters. The van der Waals surface area contributed by atoms with Crippen LogP contribution in [0.1, 0.15) is 71.4 Å². The van der Waals surface area contributed by atoms with Crippen LogP contribution in [0.25, 0.3) is 5.57 Å². The molecule has 0 aliphatic rings. The minimum Gasteiger partial charge on any atom is -0.494 e. The van der Waals surface area contributed by atoms with E-state index in [4.69, 9.17) is 13.7 Å². The molecule has 0 aliphatic carbocycles. The number of unbranched alkanes of at least 4 members (excludes halogenated alkanes) is 2. The fourth-order valence-electron chi connectivity index (χ4n) is 4.02. The molecule has 2 rings (SSSR count). The summed E-state index contributed by atoms with van der Waals surface area (Å²) >= 11 is 0. The van der Waals surface area contributed by atoms with Gasteiger partial charge in [-0.15, -0.1) is 5.54 Å². The summed E-state index contributed by atoms with van der Waals surface area (Å²) in [5.41, 5.74) is -1.42. The van der Waals surface area contributed by atoms with Gasteiger partial charge in [-0.2, -0.15) is 21.6 Å². The van der Waals surface area contributed by atoms with Crippen LogP contribution in [-0.4, -0.2) is 35.2 Å². The van der Waals surface area contributed by atoms with Crippen molar-refractivity contribution in [3.05, 3.63) is 65.4 Å². The van der Waals surface area contributed by atoms with E-state index in [2.05, 4.69) is 11.5 Å². The number of hydrogen-bond donors (Lipinski definition) is 0. The Kier molecular flexibility index (Phi) is 13.3. The van der Waals surface area contributed by atoms with E-state index in [9.17, 15) is 21.6 Å². The van der Waals surface area contributed by atoms with Gasteiger partial charge < -0.3 is 13.7 Å². The molecule has 0 amide bonds. The van der Waals surface area contributed by atoms with Crippen molar-refractivity contribution in [2.75, 3.05) is 13.2 Å². The second-order valence-electron chi connectivity index (χ2n) is 9.73. The maximum Gasteiger partial charge on any atom is 0.534 e. The van der Waals surface area contributed by atoms with Crippen LogP contribution >= 0.6 is 0 Å². The lowest BCUT2D eigenvalue weighted by molar-refractivity contribution is -0.0518. The predicted octanol–water partition coefficient (Wildman–Crippen LogP) is 8.72. The molecule has 226 valence electrons. The topological polar surface area (TPSA) is 61.8 Å². The zero-order valence-electron chi connectivity index (χ0n) is 24.6. The number of benzene rings is 2. The van der Waals surface area contributed by atoms with Gasteiger partial charge in [0, 0.05) is 5.57 Å². The number of ether oxygens (including phenoxy) is 2. The average molecular weight is 611 g/mol. The smallest absolute Gasteiger partial charge is 0.494 e. The molecule has 0 saturated carbocycles. The first-order valence-corrected chi connectivity index (χ1v) is 18.2. The zero-order valence-corrected chi connectivity index (χ0v) is 26.4. The molecule has 0 spiro atoms. The third-order valence-corrected chi connectivity index (χ3v) is 12.7. The van der Waals surface area contributed by atoms with E-state index in [-0.39, 0.29) is 5.57 Å². The van der Waals surface area contributed by atoms with E-state index in [1.54, 1.807) is 48.5 Å². The van der Waals surface area contributed by atoms with Gasteiger partial charge >= 0.3 is 15.6 Å². The molecule has 2 aromatic rings. The van der Waals surface area contributed by atoms with Crippen molar-refractivity contribution in [1.82, 2.24) is 0 Å². The van der Waals surface area contributed by atoms with E-state index < -0.39 is 29.5 Å². The van der Waals surface area contributed by atoms with E-state index >= 15 is 0 Å². The summed E-state index contributed by atoms with van der Waals surface area (Å²) in [5, 5.41) is 0. The Morgan fingerprint density at radius 3 is 1.51 bits per heavy atom. The highest BCUT2D eigenvalue weighted by molar-refractivity contribution is 7.87. The Bertz CT molecular complexity index is 1220. The first kappa shape index (κ1) is 34.3. The Labute approximate surface area is 244 Å². The van der Waals surface area contributed by atoms with Gasteiger partial charge in [0.1, 0.15) is 19.6 Å². The molecule has 2 aromatic carbocycles. The fourth-order valence-corrected chi connectivity index (χ4v) is 6.87. The molecule has 0 atom stereocenters. The van der Waals surface area contributed by atoms with Crippen molar-refractivity contribution in [2.24, 2.45) is 0 Å². The lowest BCUT2D eigenvalue weighted by Crippen LogP contribution is -2.30. The van der Waals surface area contributed by atoms with Crippen molar-refractivity contribution < 1.29 is 35.2 Å². The van der Waals surface area contributed by atoms with Crippen molar-refractivity contribution in [3.63, 3.8) is 0 Å². The minimum atomic E-state index is -5.99. The van der Waals surface area contributed by atoms with Gasteiger partial charge in [-0.25, -0.2) is 0 Å². The molecular formula is C31H41F3O5SSi. The predicted molar refractivity (Wildman–Crippen MR) is 161 cm³/mol. The van der Waals surface area contributed by atoms with Crippen LogP contribution in [-0.2, 0) is 14.3 Å². The van der Waals surface area contributed by atoms with Gasteiger partial charge in [-0.05, 0) is 72.3 Å². The molecule has 41 heavy (non-hydrogen) atoms. The molecule has 0 bridgehead atoms. The molecular weight excluding hydrogens is 569 g/mol. The molecule has 0 N–H and O–H groups in total. The van der Waals surface area contributed by atoms with Crippen LogP contribution in [0.15, 0.2) is 54.3 Å². The Morgan fingerprint density at radius 1 is 0.756 bits per heavy atom. The van der Waals surface area contributed by atoms with Crippen LogP contribution < -0.4 is 9.47 Å². The highest BCUT2D eigenvalue weighted by atomic mass is 32.2. The summed E-state index contributed by atoms with van der Waals surface area (Å²) in [5.74, 6) is 3.40. The largest absolute Gasteiger partial charge is 0.534 e. The van der Waals surface area contributed by atoms with Gasteiger partial charge in [0.05, 0.1) is 13.2 Å². The number of hydrogen-bond acceptors (Lipinski definition) is 5. The fraction of sp³-hybridized carbons (Fsp3) is 0.484. The number of alkyl halides is 3. The van der Waals surface area contributed by atoms with Crippen molar-refractivity contribution in [2.45, 2.75) is 83.9 Å².